The number of benzene rings is 2. The number of aromatic nitrogens is 4. The Morgan fingerprint density at radius 2 is 1.96 bits per heavy atom. The van der Waals surface area contributed by atoms with E-state index in [0.29, 0.717) is 23.0 Å². The number of H-pyrrole nitrogens is 1. The molecule has 0 aliphatic rings. The molecule has 0 fully saturated rings. The van der Waals surface area contributed by atoms with Crippen molar-refractivity contribution < 1.29 is 4.79 Å². The SMILES string of the molecule is Cn1nccc1C=C(C(=O)NCc1ccc(Cl)cc1)c1nc2ccccc2[nH]1. The summed E-state index contributed by atoms with van der Waals surface area (Å²) in [4.78, 5) is 20.8. The van der Waals surface area contributed by atoms with Gasteiger partial charge in [0.2, 0.25) is 0 Å². The van der Waals surface area contributed by atoms with Gasteiger partial charge in [-0.1, -0.05) is 35.9 Å². The third-order valence-electron chi connectivity index (χ3n) is 4.41. The second-order valence-electron chi connectivity index (χ2n) is 6.35. The van der Waals surface area contributed by atoms with Crippen LogP contribution in [0.4, 0.5) is 0 Å². The molecular formula is C21H18ClN5O. The molecule has 140 valence electrons. The monoisotopic (exact) mass is 391 g/mol. The fourth-order valence-electron chi connectivity index (χ4n) is 2.88. The van der Waals surface area contributed by atoms with Crippen LogP contribution in [-0.2, 0) is 18.4 Å². The summed E-state index contributed by atoms with van der Waals surface area (Å²) in [6, 6.07) is 16.9. The van der Waals surface area contributed by atoms with E-state index in [1.54, 1.807) is 29.1 Å². The first-order chi connectivity index (χ1) is 13.6. The molecule has 4 aromatic rings. The van der Waals surface area contributed by atoms with Gasteiger partial charge in [0, 0.05) is 24.8 Å². The lowest BCUT2D eigenvalue weighted by Crippen LogP contribution is -2.24. The van der Waals surface area contributed by atoms with Crippen LogP contribution in [0.15, 0.2) is 60.8 Å². The van der Waals surface area contributed by atoms with Gasteiger partial charge in [-0.15, -0.1) is 0 Å². The molecular weight excluding hydrogens is 374 g/mol. The van der Waals surface area contributed by atoms with Crippen LogP contribution in [-0.4, -0.2) is 25.7 Å². The van der Waals surface area contributed by atoms with Crippen LogP contribution in [0, 0.1) is 0 Å². The van der Waals surface area contributed by atoms with Crippen molar-refractivity contribution in [2.24, 2.45) is 7.05 Å². The molecule has 0 aliphatic heterocycles. The molecule has 0 saturated carbocycles. The third kappa shape index (κ3) is 3.82. The van der Waals surface area contributed by atoms with Gasteiger partial charge in [-0.2, -0.15) is 5.10 Å². The Morgan fingerprint density at radius 3 is 2.68 bits per heavy atom. The maximum absolute atomic E-state index is 13.0. The number of fused-ring (bicyclic) bond motifs is 1. The van der Waals surface area contributed by atoms with E-state index in [-0.39, 0.29) is 5.91 Å². The largest absolute Gasteiger partial charge is 0.348 e. The van der Waals surface area contributed by atoms with Gasteiger partial charge in [0.25, 0.3) is 5.91 Å². The van der Waals surface area contributed by atoms with Crippen LogP contribution in [0.2, 0.25) is 5.02 Å². The Kier molecular flexibility index (Phi) is 4.95. The zero-order valence-corrected chi connectivity index (χ0v) is 15.9. The molecule has 0 bridgehead atoms. The Bertz CT molecular complexity index is 1120. The highest BCUT2D eigenvalue weighted by Crippen LogP contribution is 2.20. The van der Waals surface area contributed by atoms with Crippen LogP contribution in [0.5, 0.6) is 0 Å². The van der Waals surface area contributed by atoms with Gasteiger partial charge in [-0.25, -0.2) is 4.98 Å². The van der Waals surface area contributed by atoms with E-state index in [9.17, 15) is 4.79 Å². The number of rotatable bonds is 5. The number of nitrogens with one attached hydrogen (secondary N) is 2. The molecule has 0 unspecified atom stereocenters. The predicted octanol–water partition coefficient (Wildman–Crippen LogP) is 3.81. The number of halogens is 1. The first-order valence-electron chi connectivity index (χ1n) is 8.77. The van der Waals surface area contributed by atoms with Crippen molar-refractivity contribution in [3.05, 3.63) is 82.9 Å². The van der Waals surface area contributed by atoms with Crippen LogP contribution in [0.25, 0.3) is 22.7 Å². The number of amides is 1. The van der Waals surface area contributed by atoms with E-state index in [4.69, 9.17) is 11.6 Å². The summed E-state index contributed by atoms with van der Waals surface area (Å²) in [5, 5.41) is 7.78. The van der Waals surface area contributed by atoms with E-state index in [1.807, 2.05) is 49.5 Å². The van der Waals surface area contributed by atoms with Gasteiger partial charge >= 0.3 is 0 Å². The Hall–Kier alpha value is -3.38. The standard InChI is InChI=1S/C21H18ClN5O/c1-27-16(10-11-24-27)12-17(20-25-18-4-2-3-5-19(18)26-20)21(28)23-13-14-6-8-15(22)9-7-14/h2-12H,13H2,1H3,(H,23,28)(H,25,26). The number of aryl methyl sites for hydroxylation is 1. The number of para-hydroxylation sites is 2. The molecule has 1 amide bonds. The molecule has 6 nitrogen and oxygen atoms in total. The molecule has 2 aromatic carbocycles. The fourth-order valence-corrected chi connectivity index (χ4v) is 3.00. The van der Waals surface area contributed by atoms with Crippen molar-refractivity contribution >= 4 is 40.2 Å². The van der Waals surface area contributed by atoms with E-state index < -0.39 is 0 Å². The molecule has 7 heteroatoms. The summed E-state index contributed by atoms with van der Waals surface area (Å²) >= 11 is 5.92. The first-order valence-corrected chi connectivity index (χ1v) is 9.15. The normalized spacial score (nSPS) is 11.7. The molecule has 0 atom stereocenters. The molecule has 0 aliphatic carbocycles. The van der Waals surface area contributed by atoms with Crippen LogP contribution in [0.3, 0.4) is 0 Å². The third-order valence-corrected chi connectivity index (χ3v) is 4.66. The minimum Gasteiger partial charge on any atom is -0.348 e. The van der Waals surface area contributed by atoms with Gasteiger partial charge < -0.3 is 10.3 Å². The second-order valence-corrected chi connectivity index (χ2v) is 6.79. The smallest absolute Gasteiger partial charge is 0.255 e. The Morgan fingerprint density at radius 1 is 1.18 bits per heavy atom. The topological polar surface area (TPSA) is 75.6 Å². The zero-order valence-electron chi connectivity index (χ0n) is 15.2. The van der Waals surface area contributed by atoms with Crippen molar-refractivity contribution in [1.82, 2.24) is 25.1 Å². The van der Waals surface area contributed by atoms with Gasteiger partial charge in [-0.05, 0) is 42.0 Å². The van der Waals surface area contributed by atoms with Crippen molar-refractivity contribution in [2.75, 3.05) is 0 Å². The second kappa shape index (κ2) is 7.70. The lowest BCUT2D eigenvalue weighted by atomic mass is 10.1. The molecule has 2 N–H and O–H groups in total. The average Bonchev–Trinajstić information content (AvgIpc) is 3.31. The van der Waals surface area contributed by atoms with Crippen LogP contribution < -0.4 is 5.32 Å². The lowest BCUT2D eigenvalue weighted by molar-refractivity contribution is -0.115. The molecule has 0 saturated heterocycles. The summed E-state index contributed by atoms with van der Waals surface area (Å²) in [7, 11) is 1.83. The maximum atomic E-state index is 13.0. The van der Waals surface area contributed by atoms with Crippen molar-refractivity contribution in [1.29, 1.82) is 0 Å². The van der Waals surface area contributed by atoms with Gasteiger partial charge in [0.1, 0.15) is 5.82 Å². The number of hydrogen-bond donors (Lipinski definition) is 2. The minimum atomic E-state index is -0.227. The van der Waals surface area contributed by atoms with E-state index in [1.165, 1.54) is 0 Å². The summed E-state index contributed by atoms with van der Waals surface area (Å²) < 4.78 is 1.70. The predicted molar refractivity (Wildman–Crippen MR) is 110 cm³/mol. The summed E-state index contributed by atoms with van der Waals surface area (Å²) in [6.07, 6.45) is 3.47. The first kappa shape index (κ1) is 18.0. The van der Waals surface area contributed by atoms with Gasteiger partial charge in [0.15, 0.2) is 0 Å². The Labute approximate surface area is 166 Å². The molecule has 2 aromatic heterocycles. The van der Waals surface area contributed by atoms with Crippen molar-refractivity contribution in [3.8, 4) is 0 Å². The molecule has 28 heavy (non-hydrogen) atoms. The minimum absolute atomic E-state index is 0.227. The molecule has 0 radical (unpaired) electrons. The summed E-state index contributed by atoms with van der Waals surface area (Å²) in [5.74, 6) is 0.284. The highest BCUT2D eigenvalue weighted by atomic mass is 35.5. The summed E-state index contributed by atoms with van der Waals surface area (Å²) in [5.41, 5.74) is 3.88. The van der Waals surface area contributed by atoms with Crippen molar-refractivity contribution in [2.45, 2.75) is 6.54 Å². The number of hydrogen-bond acceptors (Lipinski definition) is 3. The number of imidazole rings is 1. The molecule has 2 heterocycles. The number of carbonyl (C=O) groups excluding carboxylic acids is 1. The maximum Gasteiger partial charge on any atom is 0.255 e. The number of carbonyl (C=O) groups is 1. The van der Waals surface area contributed by atoms with E-state index >= 15 is 0 Å². The molecule has 4 rings (SSSR count). The van der Waals surface area contributed by atoms with Gasteiger partial charge in [0.05, 0.1) is 22.3 Å². The van der Waals surface area contributed by atoms with E-state index in [2.05, 4.69) is 20.4 Å². The average molecular weight is 392 g/mol. The highest BCUT2D eigenvalue weighted by molar-refractivity contribution is 6.30. The fraction of sp³-hybridized carbons (Fsp3) is 0.0952. The highest BCUT2D eigenvalue weighted by Gasteiger charge is 2.17. The summed E-state index contributed by atoms with van der Waals surface area (Å²) in [6.45, 7) is 0.388. The number of aromatic amines is 1. The quantitative estimate of drug-likeness (QED) is 0.508. The lowest BCUT2D eigenvalue weighted by Gasteiger charge is -2.08. The van der Waals surface area contributed by atoms with Crippen LogP contribution >= 0.6 is 11.6 Å². The van der Waals surface area contributed by atoms with Crippen LogP contribution in [0.1, 0.15) is 17.1 Å². The van der Waals surface area contributed by atoms with Gasteiger partial charge in [-0.3, -0.25) is 9.48 Å². The number of nitrogens with zero attached hydrogens (tertiary/aromatic N) is 3. The van der Waals surface area contributed by atoms with Crippen molar-refractivity contribution in [3.63, 3.8) is 0 Å². The zero-order chi connectivity index (χ0) is 19.5. The van der Waals surface area contributed by atoms with E-state index in [0.717, 1.165) is 22.3 Å². The molecule has 0 spiro atoms. The Balaban J connectivity index is 1.66.